The molecule has 3 atom stereocenters. The molecule has 1 saturated heterocycles. The quantitative estimate of drug-likeness (QED) is 0.816. The molecule has 3 unspecified atom stereocenters. The number of amides is 1. The second-order valence-corrected chi connectivity index (χ2v) is 7.24. The molecule has 0 aliphatic carbocycles. The highest BCUT2D eigenvalue weighted by Gasteiger charge is 2.33. The van der Waals surface area contributed by atoms with Crippen LogP contribution < -0.4 is 5.32 Å². The fraction of sp³-hybridized carbons (Fsp3) is 0.882. The highest BCUT2D eigenvalue weighted by molar-refractivity contribution is 5.68. The molecule has 5 nitrogen and oxygen atoms in total. The molecule has 0 aromatic carbocycles. The van der Waals surface area contributed by atoms with Crippen molar-refractivity contribution in [1.82, 2.24) is 10.2 Å². The summed E-state index contributed by atoms with van der Waals surface area (Å²) in [7, 11) is 0. The van der Waals surface area contributed by atoms with E-state index in [-0.39, 0.29) is 24.2 Å². The first kappa shape index (κ1) is 18.8. The highest BCUT2D eigenvalue weighted by Crippen LogP contribution is 2.24. The van der Waals surface area contributed by atoms with E-state index in [1.165, 1.54) is 0 Å². The van der Waals surface area contributed by atoms with Gasteiger partial charge in [-0.1, -0.05) is 6.92 Å². The van der Waals surface area contributed by atoms with Crippen molar-refractivity contribution >= 4 is 6.09 Å². The lowest BCUT2D eigenvalue weighted by Gasteiger charge is -2.31. The van der Waals surface area contributed by atoms with Gasteiger partial charge in [0, 0.05) is 24.7 Å². The Hall–Kier alpha value is -1.28. The molecule has 0 saturated carbocycles. The van der Waals surface area contributed by atoms with Crippen molar-refractivity contribution in [3.63, 3.8) is 0 Å². The number of ether oxygens (including phenoxy) is 1. The summed E-state index contributed by atoms with van der Waals surface area (Å²) in [5.41, 5.74) is -0.450. The predicted molar refractivity (Wildman–Crippen MR) is 87.5 cm³/mol. The Labute approximate surface area is 135 Å². The molecule has 1 fully saturated rings. The normalized spacial score (nSPS) is 21.3. The SMILES string of the molecule is CCC(CC#N)NC(C)CC1CCCN1C(=O)OC(C)(C)C. The third kappa shape index (κ3) is 6.23. The van der Waals surface area contributed by atoms with Crippen molar-refractivity contribution in [1.29, 1.82) is 5.26 Å². The van der Waals surface area contributed by atoms with Gasteiger partial charge in [0.05, 0.1) is 12.5 Å². The van der Waals surface area contributed by atoms with Gasteiger partial charge < -0.3 is 15.0 Å². The fourth-order valence-electron chi connectivity index (χ4n) is 2.95. The van der Waals surface area contributed by atoms with E-state index in [2.05, 4.69) is 25.2 Å². The number of hydrogen-bond acceptors (Lipinski definition) is 4. The van der Waals surface area contributed by atoms with Crippen LogP contribution in [0.4, 0.5) is 4.79 Å². The monoisotopic (exact) mass is 309 g/mol. The van der Waals surface area contributed by atoms with Gasteiger partial charge in [0.2, 0.25) is 0 Å². The van der Waals surface area contributed by atoms with Crippen LogP contribution in [-0.2, 0) is 4.74 Å². The second kappa shape index (κ2) is 8.38. The first-order valence-electron chi connectivity index (χ1n) is 8.39. The Balaban J connectivity index is 2.53. The van der Waals surface area contributed by atoms with Crippen LogP contribution in [0.3, 0.4) is 0 Å². The first-order valence-corrected chi connectivity index (χ1v) is 8.39. The summed E-state index contributed by atoms with van der Waals surface area (Å²) in [6, 6.07) is 2.97. The van der Waals surface area contributed by atoms with Crippen molar-refractivity contribution in [2.24, 2.45) is 0 Å². The first-order chi connectivity index (χ1) is 10.3. The van der Waals surface area contributed by atoms with Crippen molar-refractivity contribution in [2.75, 3.05) is 6.54 Å². The van der Waals surface area contributed by atoms with Gasteiger partial charge in [-0.25, -0.2) is 4.79 Å². The van der Waals surface area contributed by atoms with Crippen LogP contribution >= 0.6 is 0 Å². The summed E-state index contributed by atoms with van der Waals surface area (Å²) in [6.45, 7) is 10.7. The lowest BCUT2D eigenvalue weighted by Crippen LogP contribution is -2.44. The average Bonchev–Trinajstić information content (AvgIpc) is 2.84. The van der Waals surface area contributed by atoms with Crippen LogP contribution in [-0.4, -0.2) is 41.3 Å². The van der Waals surface area contributed by atoms with Crippen LogP contribution in [0.15, 0.2) is 0 Å². The van der Waals surface area contributed by atoms with Gasteiger partial charge in [-0.2, -0.15) is 5.26 Å². The summed E-state index contributed by atoms with van der Waals surface area (Å²) in [5.74, 6) is 0. The molecule has 1 rings (SSSR count). The minimum Gasteiger partial charge on any atom is -0.444 e. The highest BCUT2D eigenvalue weighted by atomic mass is 16.6. The molecule has 0 spiro atoms. The number of rotatable bonds is 6. The summed E-state index contributed by atoms with van der Waals surface area (Å²) in [5, 5.41) is 12.3. The maximum atomic E-state index is 12.3. The topological polar surface area (TPSA) is 65.4 Å². The average molecular weight is 309 g/mol. The molecular formula is C17H31N3O2. The molecule has 0 bridgehead atoms. The largest absolute Gasteiger partial charge is 0.444 e. The van der Waals surface area contributed by atoms with Crippen LogP contribution in [0.1, 0.15) is 66.7 Å². The minimum atomic E-state index is -0.450. The van der Waals surface area contributed by atoms with E-state index in [0.29, 0.717) is 6.42 Å². The van der Waals surface area contributed by atoms with Crippen LogP contribution in [0, 0.1) is 11.3 Å². The van der Waals surface area contributed by atoms with Gasteiger partial charge >= 0.3 is 6.09 Å². The smallest absolute Gasteiger partial charge is 0.410 e. The molecule has 5 heteroatoms. The van der Waals surface area contributed by atoms with E-state index in [9.17, 15) is 4.79 Å². The number of hydrogen-bond donors (Lipinski definition) is 1. The second-order valence-electron chi connectivity index (χ2n) is 7.24. The van der Waals surface area contributed by atoms with Crippen LogP contribution in [0.2, 0.25) is 0 Å². The summed E-state index contributed by atoms with van der Waals surface area (Å²) < 4.78 is 5.50. The minimum absolute atomic E-state index is 0.203. The third-order valence-corrected chi connectivity index (χ3v) is 3.98. The number of carbonyl (C=O) groups excluding carboxylic acids is 1. The number of nitriles is 1. The van der Waals surface area contributed by atoms with Crippen molar-refractivity contribution < 1.29 is 9.53 Å². The Morgan fingerprint density at radius 3 is 2.73 bits per heavy atom. The van der Waals surface area contributed by atoms with Gasteiger partial charge in [0.25, 0.3) is 0 Å². The van der Waals surface area contributed by atoms with E-state index >= 15 is 0 Å². The molecule has 1 heterocycles. The van der Waals surface area contributed by atoms with Crippen molar-refractivity contribution in [2.45, 2.75) is 90.4 Å². The van der Waals surface area contributed by atoms with Crippen LogP contribution in [0.25, 0.3) is 0 Å². The molecule has 0 radical (unpaired) electrons. The van der Waals surface area contributed by atoms with E-state index in [0.717, 1.165) is 32.2 Å². The van der Waals surface area contributed by atoms with Crippen molar-refractivity contribution in [3.8, 4) is 6.07 Å². The maximum Gasteiger partial charge on any atom is 0.410 e. The lowest BCUT2D eigenvalue weighted by atomic mass is 10.0. The number of nitrogens with one attached hydrogen (secondary N) is 1. The van der Waals surface area contributed by atoms with Gasteiger partial charge in [0.15, 0.2) is 0 Å². The Morgan fingerprint density at radius 1 is 1.50 bits per heavy atom. The van der Waals surface area contributed by atoms with E-state index < -0.39 is 5.60 Å². The standard InChI is InChI=1S/C17H31N3O2/c1-6-14(9-10-18)19-13(2)12-15-8-7-11-20(15)16(21)22-17(3,4)5/h13-15,19H,6-9,11-12H2,1-5H3. The third-order valence-electron chi connectivity index (χ3n) is 3.98. The van der Waals surface area contributed by atoms with Gasteiger partial charge in [-0.15, -0.1) is 0 Å². The predicted octanol–water partition coefficient (Wildman–Crippen LogP) is 3.45. The molecular weight excluding hydrogens is 278 g/mol. The summed E-state index contributed by atoms with van der Waals surface area (Å²) >= 11 is 0. The zero-order valence-electron chi connectivity index (χ0n) is 14.7. The van der Waals surface area contributed by atoms with E-state index in [1.807, 2.05) is 25.7 Å². The van der Waals surface area contributed by atoms with E-state index in [4.69, 9.17) is 10.00 Å². The zero-order chi connectivity index (χ0) is 16.8. The molecule has 1 aliphatic heterocycles. The zero-order valence-corrected chi connectivity index (χ0v) is 14.7. The molecule has 126 valence electrons. The number of carbonyl (C=O) groups is 1. The molecule has 0 aromatic heterocycles. The van der Waals surface area contributed by atoms with Crippen LogP contribution in [0.5, 0.6) is 0 Å². The summed E-state index contributed by atoms with van der Waals surface area (Å²) in [6.07, 6.45) is 4.24. The van der Waals surface area contributed by atoms with Gasteiger partial charge in [-0.3, -0.25) is 0 Å². The Bertz CT molecular complexity index is 398. The molecule has 22 heavy (non-hydrogen) atoms. The number of nitrogens with zero attached hydrogens (tertiary/aromatic N) is 2. The van der Waals surface area contributed by atoms with E-state index in [1.54, 1.807) is 0 Å². The van der Waals surface area contributed by atoms with Crippen molar-refractivity contribution in [3.05, 3.63) is 0 Å². The Morgan fingerprint density at radius 2 is 2.18 bits per heavy atom. The molecule has 1 N–H and O–H groups in total. The number of likely N-dealkylation sites (tertiary alicyclic amines) is 1. The fourth-order valence-corrected chi connectivity index (χ4v) is 2.95. The Kier molecular flexibility index (Phi) is 7.15. The molecule has 1 amide bonds. The molecule has 0 aromatic rings. The maximum absolute atomic E-state index is 12.3. The van der Waals surface area contributed by atoms with Gasteiger partial charge in [0.1, 0.15) is 5.60 Å². The molecule has 1 aliphatic rings. The lowest BCUT2D eigenvalue weighted by molar-refractivity contribution is 0.0214. The summed E-state index contributed by atoms with van der Waals surface area (Å²) in [4.78, 5) is 14.1. The van der Waals surface area contributed by atoms with Gasteiger partial charge in [-0.05, 0) is 53.4 Å².